The molecule has 0 spiro atoms. The molecule has 4 rings (SSSR count). The molecule has 0 radical (unpaired) electrons. The van der Waals surface area contributed by atoms with Gasteiger partial charge >= 0.3 is 0 Å². The Balaban J connectivity index is 1.29. The zero-order valence-electron chi connectivity index (χ0n) is 16.6. The van der Waals surface area contributed by atoms with E-state index in [0.717, 1.165) is 15.8 Å². The topological polar surface area (TPSA) is 95.8 Å². The molecule has 0 saturated carbocycles. The van der Waals surface area contributed by atoms with Crippen LogP contribution in [0.4, 0.5) is 5.13 Å². The number of carbonyl (C=O) groups is 3. The van der Waals surface area contributed by atoms with Crippen LogP contribution in [0, 0.1) is 0 Å². The van der Waals surface area contributed by atoms with E-state index < -0.39 is 0 Å². The number of fused-ring (bicyclic) bond motifs is 1. The minimum absolute atomic E-state index is 0.0865. The number of furan rings is 1. The number of nitrogens with zero attached hydrogens (tertiary/aromatic N) is 3. The third kappa shape index (κ3) is 4.51. The van der Waals surface area contributed by atoms with Gasteiger partial charge in [-0.25, -0.2) is 4.98 Å². The molecule has 8 nitrogen and oxygen atoms in total. The summed E-state index contributed by atoms with van der Waals surface area (Å²) in [6.45, 7) is 3.52. The number of rotatable bonds is 5. The van der Waals surface area contributed by atoms with Crippen LogP contribution in [0.15, 0.2) is 41.0 Å². The van der Waals surface area contributed by atoms with E-state index >= 15 is 0 Å². The van der Waals surface area contributed by atoms with Gasteiger partial charge in [0.1, 0.15) is 0 Å². The first-order valence-corrected chi connectivity index (χ1v) is 10.6. The van der Waals surface area contributed by atoms with Crippen molar-refractivity contribution in [2.24, 2.45) is 0 Å². The molecule has 1 saturated heterocycles. The van der Waals surface area contributed by atoms with Gasteiger partial charge in [-0.1, -0.05) is 17.4 Å². The molecule has 0 unspecified atom stereocenters. The number of nitrogens with one attached hydrogen (secondary N) is 1. The monoisotopic (exact) mass is 426 g/mol. The highest BCUT2D eigenvalue weighted by molar-refractivity contribution is 7.22. The van der Waals surface area contributed by atoms with E-state index in [-0.39, 0.29) is 17.7 Å². The van der Waals surface area contributed by atoms with Crippen LogP contribution in [-0.4, -0.2) is 58.7 Å². The highest BCUT2D eigenvalue weighted by Crippen LogP contribution is 2.27. The fourth-order valence-electron chi connectivity index (χ4n) is 3.45. The van der Waals surface area contributed by atoms with Gasteiger partial charge in [-0.3, -0.25) is 14.4 Å². The van der Waals surface area contributed by atoms with Crippen LogP contribution >= 0.6 is 11.3 Å². The predicted octanol–water partition coefficient (Wildman–Crippen LogP) is 2.76. The fourth-order valence-corrected chi connectivity index (χ4v) is 4.43. The summed E-state index contributed by atoms with van der Waals surface area (Å²) >= 11 is 1.42. The smallest absolute Gasteiger partial charge is 0.289 e. The molecule has 0 atom stereocenters. The van der Waals surface area contributed by atoms with E-state index in [1.807, 2.05) is 23.1 Å². The lowest BCUT2D eigenvalue weighted by molar-refractivity contribution is -0.132. The Kier molecular flexibility index (Phi) is 5.80. The largest absolute Gasteiger partial charge is 0.459 e. The number of thiazole rings is 1. The molecule has 9 heteroatoms. The maximum atomic E-state index is 12.6. The number of amides is 3. The molecule has 1 aromatic carbocycles. The molecule has 3 heterocycles. The van der Waals surface area contributed by atoms with Crippen LogP contribution in [0.3, 0.4) is 0 Å². The number of anilines is 1. The standard InChI is InChI=1S/C21H22N4O4S/c1-14(26)22-21-23-16-6-4-15(13-18(16)30-21)5-7-19(27)24-8-10-25(11-9-24)20(28)17-3-2-12-29-17/h2-4,6,12-13H,5,7-11H2,1H3,(H,22,23,26). The number of aromatic nitrogens is 1. The molecular weight excluding hydrogens is 404 g/mol. The van der Waals surface area contributed by atoms with Gasteiger partial charge in [-0.2, -0.15) is 0 Å². The molecule has 1 N–H and O–H groups in total. The molecule has 30 heavy (non-hydrogen) atoms. The summed E-state index contributed by atoms with van der Waals surface area (Å²) in [6.07, 6.45) is 2.53. The Morgan fingerprint density at radius 3 is 2.60 bits per heavy atom. The predicted molar refractivity (Wildman–Crippen MR) is 113 cm³/mol. The zero-order valence-corrected chi connectivity index (χ0v) is 17.4. The average molecular weight is 426 g/mol. The molecule has 3 aromatic rings. The number of hydrogen-bond donors (Lipinski definition) is 1. The average Bonchev–Trinajstić information content (AvgIpc) is 3.40. The van der Waals surface area contributed by atoms with Gasteiger partial charge in [0.25, 0.3) is 5.91 Å². The number of benzene rings is 1. The van der Waals surface area contributed by atoms with Gasteiger partial charge in [0.05, 0.1) is 16.5 Å². The molecule has 0 aliphatic carbocycles. The number of carbonyl (C=O) groups excluding carboxylic acids is 3. The second-order valence-corrected chi connectivity index (χ2v) is 8.18. The van der Waals surface area contributed by atoms with Gasteiger partial charge in [0.15, 0.2) is 10.9 Å². The number of aryl methyl sites for hydroxylation is 1. The van der Waals surface area contributed by atoms with Crippen molar-refractivity contribution in [3.8, 4) is 0 Å². The summed E-state index contributed by atoms with van der Waals surface area (Å²) in [5.41, 5.74) is 1.89. The quantitative estimate of drug-likeness (QED) is 0.677. The lowest BCUT2D eigenvalue weighted by Gasteiger charge is -2.34. The lowest BCUT2D eigenvalue weighted by atomic mass is 10.1. The summed E-state index contributed by atoms with van der Waals surface area (Å²) in [5, 5.41) is 3.28. The van der Waals surface area contributed by atoms with Crippen molar-refractivity contribution < 1.29 is 18.8 Å². The van der Waals surface area contributed by atoms with Crippen molar-refractivity contribution in [2.75, 3.05) is 31.5 Å². The van der Waals surface area contributed by atoms with E-state index in [9.17, 15) is 14.4 Å². The van der Waals surface area contributed by atoms with Crippen molar-refractivity contribution in [3.05, 3.63) is 47.9 Å². The first-order valence-electron chi connectivity index (χ1n) is 9.77. The van der Waals surface area contributed by atoms with Gasteiger partial charge in [-0.15, -0.1) is 0 Å². The van der Waals surface area contributed by atoms with Crippen LogP contribution in [0.5, 0.6) is 0 Å². The lowest BCUT2D eigenvalue weighted by Crippen LogP contribution is -2.50. The Morgan fingerprint density at radius 1 is 1.13 bits per heavy atom. The molecule has 1 aliphatic rings. The second-order valence-electron chi connectivity index (χ2n) is 7.15. The normalized spacial score (nSPS) is 14.2. The van der Waals surface area contributed by atoms with Gasteiger partial charge in [-0.05, 0) is 36.2 Å². The summed E-state index contributed by atoms with van der Waals surface area (Å²) in [4.78, 5) is 44.0. The van der Waals surface area contributed by atoms with Gasteiger partial charge in [0, 0.05) is 39.5 Å². The van der Waals surface area contributed by atoms with Crippen LogP contribution < -0.4 is 5.32 Å². The third-order valence-corrected chi connectivity index (χ3v) is 5.95. The number of hydrogen-bond acceptors (Lipinski definition) is 6. The Bertz CT molecular complexity index is 1070. The summed E-state index contributed by atoms with van der Waals surface area (Å²) < 4.78 is 6.15. The summed E-state index contributed by atoms with van der Waals surface area (Å²) in [5.74, 6) is 0.132. The molecule has 1 aliphatic heterocycles. The maximum Gasteiger partial charge on any atom is 0.289 e. The van der Waals surface area contributed by atoms with Gasteiger partial charge in [0.2, 0.25) is 11.8 Å². The van der Waals surface area contributed by atoms with Crippen LogP contribution in [-0.2, 0) is 16.0 Å². The van der Waals surface area contributed by atoms with E-state index in [1.165, 1.54) is 24.5 Å². The van der Waals surface area contributed by atoms with Crippen molar-refractivity contribution >= 4 is 44.4 Å². The minimum Gasteiger partial charge on any atom is -0.459 e. The second kappa shape index (κ2) is 8.66. The molecule has 3 amide bonds. The van der Waals surface area contributed by atoms with E-state index in [1.54, 1.807) is 17.0 Å². The fraction of sp³-hybridized carbons (Fsp3) is 0.333. The third-order valence-electron chi connectivity index (χ3n) is 5.01. The van der Waals surface area contributed by atoms with Gasteiger partial charge < -0.3 is 19.5 Å². The molecule has 0 bridgehead atoms. The van der Waals surface area contributed by atoms with Crippen LogP contribution in [0.25, 0.3) is 10.2 Å². The highest BCUT2D eigenvalue weighted by Gasteiger charge is 2.25. The molecule has 156 valence electrons. The molecular formula is C21H22N4O4S. The summed E-state index contributed by atoms with van der Waals surface area (Å²) in [6, 6.07) is 9.24. The van der Waals surface area contributed by atoms with Crippen LogP contribution in [0.1, 0.15) is 29.5 Å². The molecule has 2 aromatic heterocycles. The Morgan fingerprint density at radius 2 is 1.90 bits per heavy atom. The first-order chi connectivity index (χ1) is 14.5. The summed E-state index contributed by atoms with van der Waals surface area (Å²) in [7, 11) is 0. The van der Waals surface area contributed by atoms with Crippen molar-refractivity contribution in [1.29, 1.82) is 0 Å². The molecule has 1 fully saturated rings. The first kappa shape index (κ1) is 20.1. The maximum absolute atomic E-state index is 12.6. The van der Waals surface area contributed by atoms with Crippen LogP contribution in [0.2, 0.25) is 0 Å². The van der Waals surface area contributed by atoms with Crippen molar-refractivity contribution in [3.63, 3.8) is 0 Å². The zero-order chi connectivity index (χ0) is 21.1. The Hall–Kier alpha value is -3.20. The van der Waals surface area contributed by atoms with E-state index in [0.29, 0.717) is 49.9 Å². The minimum atomic E-state index is -0.147. The van der Waals surface area contributed by atoms with Crippen molar-refractivity contribution in [1.82, 2.24) is 14.8 Å². The SMILES string of the molecule is CC(=O)Nc1nc2ccc(CCC(=O)N3CCN(C(=O)c4ccco4)CC3)cc2s1. The van der Waals surface area contributed by atoms with Crippen molar-refractivity contribution in [2.45, 2.75) is 19.8 Å². The van der Waals surface area contributed by atoms with E-state index in [4.69, 9.17) is 4.42 Å². The highest BCUT2D eigenvalue weighted by atomic mass is 32.1. The van der Waals surface area contributed by atoms with E-state index in [2.05, 4.69) is 10.3 Å². The number of piperazine rings is 1. The Labute approximate surface area is 177 Å².